The van der Waals surface area contributed by atoms with Crippen molar-refractivity contribution in [1.82, 2.24) is 4.90 Å². The zero-order valence-corrected chi connectivity index (χ0v) is 26.3. The van der Waals surface area contributed by atoms with Crippen LogP contribution < -0.4 is 0 Å². The minimum Gasteiger partial charge on any atom is -0.508 e. The lowest BCUT2D eigenvalue weighted by Gasteiger charge is -2.56. The van der Waals surface area contributed by atoms with E-state index in [1.54, 1.807) is 6.07 Å². The van der Waals surface area contributed by atoms with Gasteiger partial charge in [0, 0.05) is 23.8 Å². The topological polar surface area (TPSA) is 43.7 Å². The van der Waals surface area contributed by atoms with Gasteiger partial charge < -0.3 is 15.1 Å². The number of phenols is 1. The van der Waals surface area contributed by atoms with E-state index >= 15 is 4.39 Å². The Morgan fingerprint density at radius 2 is 1.68 bits per heavy atom. The number of fused-ring (bicyclic) bond motifs is 5. The molecule has 3 aliphatic carbocycles. The molecule has 0 amide bonds. The largest absolute Gasteiger partial charge is 0.508 e. The lowest BCUT2D eigenvalue weighted by Crippen LogP contribution is -2.54. The van der Waals surface area contributed by atoms with Crippen LogP contribution >= 0.6 is 0 Å². The van der Waals surface area contributed by atoms with Gasteiger partial charge in [-0.05, 0) is 125 Å². The van der Waals surface area contributed by atoms with Gasteiger partial charge in [-0.2, -0.15) is 22.0 Å². The van der Waals surface area contributed by atoms with Crippen LogP contribution in [0.4, 0.5) is 26.3 Å². The summed E-state index contributed by atoms with van der Waals surface area (Å²) < 4.78 is 79.6. The Bertz CT molecular complexity index is 1120. The van der Waals surface area contributed by atoms with Crippen molar-refractivity contribution in [3.05, 3.63) is 29.3 Å². The van der Waals surface area contributed by atoms with Gasteiger partial charge in [-0.15, -0.1) is 0 Å². The number of hydrogen-bond acceptors (Lipinski definition) is 3. The number of rotatable bonds is 12. The van der Waals surface area contributed by atoms with Crippen molar-refractivity contribution in [2.24, 2.45) is 23.2 Å². The molecule has 2 unspecified atom stereocenters. The molecule has 4 aliphatic rings. The summed E-state index contributed by atoms with van der Waals surface area (Å²) in [5.41, 5.74) is 0.797. The summed E-state index contributed by atoms with van der Waals surface area (Å²) in [7, 11) is 0. The second-order valence-electron chi connectivity index (χ2n) is 15.0. The monoisotopic (exact) mass is 631 g/mol. The standard InChI is InChI=1S/C35H51F6NO2/c1-32-22-29(36)31-27-14-13-26(43)21-24(27)20-23(30(31)28(32)15-17-33(32,2)44)10-5-4-8-18-42-19-9-12-25(42)11-6-3-7-16-34(37,38)35(39,40)41/h13-14,21,23,25,28-31,43-44H,3-12,15-20,22H2,1-2H3/t23-,25-,28?,29+,30+,31?,32+,33+/m1/s1. The number of nitrogens with zero attached hydrogens (tertiary/aromatic N) is 1. The van der Waals surface area contributed by atoms with E-state index in [2.05, 4.69) is 11.8 Å². The highest BCUT2D eigenvalue weighted by Gasteiger charge is 2.63. The van der Waals surface area contributed by atoms with Crippen molar-refractivity contribution >= 4 is 0 Å². The number of phenolic OH excluding ortho intramolecular Hbond substituents is 1. The molecular weight excluding hydrogens is 580 g/mol. The van der Waals surface area contributed by atoms with E-state index in [0.717, 1.165) is 82.0 Å². The molecule has 1 saturated heterocycles. The molecule has 3 fully saturated rings. The highest BCUT2D eigenvalue weighted by molar-refractivity contribution is 5.41. The van der Waals surface area contributed by atoms with E-state index in [-0.39, 0.29) is 29.9 Å². The van der Waals surface area contributed by atoms with E-state index in [4.69, 9.17) is 0 Å². The number of hydrogen-bond donors (Lipinski definition) is 2. The predicted molar refractivity (Wildman–Crippen MR) is 160 cm³/mol. The minimum absolute atomic E-state index is 0.118. The molecule has 9 heteroatoms. The average Bonchev–Trinajstić information content (AvgIpc) is 3.47. The van der Waals surface area contributed by atoms with Gasteiger partial charge >= 0.3 is 12.1 Å². The fraction of sp³-hybridized carbons (Fsp3) is 0.829. The highest BCUT2D eigenvalue weighted by atomic mass is 19.4. The first-order valence-electron chi connectivity index (χ1n) is 17.0. The summed E-state index contributed by atoms with van der Waals surface area (Å²) in [5, 5.41) is 21.5. The lowest BCUT2D eigenvalue weighted by atomic mass is 9.50. The quantitative estimate of drug-likeness (QED) is 0.179. The number of aliphatic hydroxyl groups is 1. The van der Waals surface area contributed by atoms with Crippen LogP contribution in [0.2, 0.25) is 0 Å². The first-order valence-corrected chi connectivity index (χ1v) is 17.0. The second kappa shape index (κ2) is 13.0. The third-order valence-corrected chi connectivity index (χ3v) is 12.4. The zero-order valence-electron chi connectivity index (χ0n) is 26.3. The van der Waals surface area contributed by atoms with Gasteiger partial charge in [-0.3, -0.25) is 0 Å². The molecule has 2 N–H and O–H groups in total. The van der Waals surface area contributed by atoms with Crippen LogP contribution in [0.5, 0.6) is 5.75 Å². The van der Waals surface area contributed by atoms with Crippen molar-refractivity contribution in [1.29, 1.82) is 0 Å². The van der Waals surface area contributed by atoms with Crippen molar-refractivity contribution in [3.8, 4) is 5.75 Å². The van der Waals surface area contributed by atoms with Crippen molar-refractivity contribution in [2.45, 2.75) is 146 Å². The van der Waals surface area contributed by atoms with Crippen LogP contribution in [-0.2, 0) is 6.42 Å². The molecule has 1 aromatic rings. The molecule has 1 aliphatic heterocycles. The Labute approximate surface area is 258 Å². The molecule has 0 radical (unpaired) electrons. The van der Waals surface area contributed by atoms with Crippen LogP contribution in [-0.4, -0.2) is 58.1 Å². The van der Waals surface area contributed by atoms with Crippen molar-refractivity contribution in [3.63, 3.8) is 0 Å². The SMILES string of the molecule is C[C@]1(O)CCC2[C@H]3C(c4ccc(O)cc4C[C@H]3CCCCCN3CCC[C@H]3CCCCCC(F)(F)C(F)(F)F)[C@@H](F)C[C@@]21C. The summed E-state index contributed by atoms with van der Waals surface area (Å²) >= 11 is 0. The number of unbranched alkanes of at least 4 members (excludes halogenated alkanes) is 4. The predicted octanol–water partition coefficient (Wildman–Crippen LogP) is 9.35. The van der Waals surface area contributed by atoms with Gasteiger partial charge in [-0.25, -0.2) is 4.39 Å². The maximum Gasteiger partial charge on any atom is 0.453 e. The Balaban J connectivity index is 1.12. The van der Waals surface area contributed by atoms with Crippen LogP contribution in [0.3, 0.4) is 0 Å². The van der Waals surface area contributed by atoms with Crippen molar-refractivity contribution < 1.29 is 36.6 Å². The maximum atomic E-state index is 16.1. The molecule has 0 spiro atoms. The zero-order chi connectivity index (χ0) is 31.9. The Hall–Kier alpha value is -1.48. The van der Waals surface area contributed by atoms with Gasteiger partial charge in [0.1, 0.15) is 11.9 Å². The number of benzene rings is 1. The first kappa shape index (κ1) is 33.9. The molecule has 250 valence electrons. The van der Waals surface area contributed by atoms with Gasteiger partial charge in [0.2, 0.25) is 0 Å². The Morgan fingerprint density at radius 1 is 0.955 bits per heavy atom. The van der Waals surface area contributed by atoms with Gasteiger partial charge in [0.25, 0.3) is 0 Å². The number of halogens is 6. The lowest BCUT2D eigenvalue weighted by molar-refractivity contribution is -0.284. The minimum atomic E-state index is -5.47. The van der Waals surface area contributed by atoms with Crippen molar-refractivity contribution in [2.75, 3.05) is 13.1 Å². The molecule has 0 bridgehead atoms. The van der Waals surface area contributed by atoms with E-state index in [1.807, 2.05) is 19.1 Å². The van der Waals surface area contributed by atoms with Gasteiger partial charge in [-0.1, -0.05) is 38.7 Å². The molecular formula is C35H51F6NO2. The second-order valence-corrected chi connectivity index (χ2v) is 15.0. The molecule has 44 heavy (non-hydrogen) atoms. The summed E-state index contributed by atoms with van der Waals surface area (Å²) in [4.78, 5) is 2.46. The number of alkyl halides is 6. The normalized spacial score (nSPS) is 35.8. The third kappa shape index (κ3) is 6.65. The molecule has 0 aromatic heterocycles. The summed E-state index contributed by atoms with van der Waals surface area (Å²) in [6.07, 6.45) is 3.21. The maximum absolute atomic E-state index is 16.1. The Morgan fingerprint density at radius 3 is 2.43 bits per heavy atom. The van der Waals surface area contributed by atoms with Crippen LogP contribution in [0.1, 0.15) is 121 Å². The molecule has 2 saturated carbocycles. The molecule has 8 atom stereocenters. The highest BCUT2D eigenvalue weighted by Crippen LogP contribution is 2.66. The summed E-state index contributed by atoms with van der Waals surface area (Å²) in [6, 6.07) is 5.79. The average molecular weight is 632 g/mol. The number of aromatic hydroxyl groups is 1. The first-order chi connectivity index (χ1) is 20.6. The summed E-state index contributed by atoms with van der Waals surface area (Å²) in [5.74, 6) is -3.83. The van der Waals surface area contributed by atoms with E-state index < -0.39 is 35.7 Å². The number of likely N-dealkylation sites (tertiary alicyclic amines) is 1. The van der Waals surface area contributed by atoms with E-state index in [0.29, 0.717) is 37.6 Å². The van der Waals surface area contributed by atoms with E-state index in [9.17, 15) is 32.2 Å². The molecule has 5 rings (SSSR count). The smallest absolute Gasteiger partial charge is 0.453 e. The van der Waals surface area contributed by atoms with Crippen LogP contribution in [0, 0.1) is 23.2 Å². The van der Waals surface area contributed by atoms with Crippen LogP contribution in [0.25, 0.3) is 0 Å². The van der Waals surface area contributed by atoms with Gasteiger partial charge in [0.15, 0.2) is 0 Å². The molecule has 3 nitrogen and oxygen atoms in total. The summed E-state index contributed by atoms with van der Waals surface area (Å²) in [6.45, 7) is 5.95. The van der Waals surface area contributed by atoms with Gasteiger partial charge in [0.05, 0.1) is 5.60 Å². The van der Waals surface area contributed by atoms with Crippen LogP contribution in [0.15, 0.2) is 18.2 Å². The fourth-order valence-corrected chi connectivity index (χ4v) is 9.74. The Kier molecular flexibility index (Phi) is 9.98. The molecule has 1 heterocycles. The third-order valence-electron chi connectivity index (χ3n) is 12.4. The molecule has 1 aromatic carbocycles. The fourth-order valence-electron chi connectivity index (χ4n) is 9.74. The van der Waals surface area contributed by atoms with E-state index in [1.165, 1.54) is 0 Å².